The Labute approximate surface area is 164 Å². The number of pyridine rings is 1. The first-order valence-electron chi connectivity index (χ1n) is 9.20. The second-order valence-corrected chi connectivity index (χ2v) is 7.30. The molecule has 1 saturated heterocycles. The van der Waals surface area contributed by atoms with Crippen LogP contribution in [0, 0.1) is 0 Å². The zero-order valence-electron chi connectivity index (χ0n) is 15.2. The predicted molar refractivity (Wildman–Crippen MR) is 112 cm³/mol. The van der Waals surface area contributed by atoms with Crippen LogP contribution in [0.4, 0.5) is 5.69 Å². The van der Waals surface area contributed by atoms with Gasteiger partial charge in [-0.2, -0.15) is 0 Å². The lowest BCUT2D eigenvalue weighted by molar-refractivity contribution is 0.649. The van der Waals surface area contributed by atoms with Crippen LogP contribution in [0.25, 0.3) is 0 Å². The molecule has 1 aliphatic heterocycles. The fourth-order valence-electron chi connectivity index (χ4n) is 3.11. The summed E-state index contributed by atoms with van der Waals surface area (Å²) in [5.41, 5.74) is 2.35. The van der Waals surface area contributed by atoms with Crippen LogP contribution in [-0.2, 0) is 6.42 Å². The van der Waals surface area contributed by atoms with Crippen LogP contribution >= 0.6 is 15.9 Å². The summed E-state index contributed by atoms with van der Waals surface area (Å²) >= 11 is 3.50. The molecule has 1 atom stereocenters. The molecule has 1 aromatic carbocycles. The Hall–Kier alpha value is -2.08. The Morgan fingerprint density at radius 1 is 1.27 bits per heavy atom. The molecule has 0 amide bonds. The number of nitrogens with zero attached hydrogens (tertiary/aromatic N) is 3. The monoisotopic (exact) mass is 415 g/mol. The van der Waals surface area contributed by atoms with Crippen molar-refractivity contribution in [3.63, 3.8) is 0 Å². The van der Waals surface area contributed by atoms with E-state index in [4.69, 9.17) is 4.99 Å². The second kappa shape index (κ2) is 9.57. The van der Waals surface area contributed by atoms with E-state index in [-0.39, 0.29) is 0 Å². The molecule has 2 aromatic rings. The first-order valence-corrected chi connectivity index (χ1v) is 9.99. The normalized spacial score (nSPS) is 17.4. The summed E-state index contributed by atoms with van der Waals surface area (Å²) in [7, 11) is 0. The van der Waals surface area contributed by atoms with Crippen molar-refractivity contribution in [2.45, 2.75) is 25.8 Å². The first kappa shape index (κ1) is 18.7. The van der Waals surface area contributed by atoms with Gasteiger partial charge in [-0.15, -0.1) is 0 Å². The van der Waals surface area contributed by atoms with Gasteiger partial charge in [0, 0.05) is 60.7 Å². The van der Waals surface area contributed by atoms with Crippen LogP contribution in [0.5, 0.6) is 0 Å². The van der Waals surface area contributed by atoms with Crippen molar-refractivity contribution in [1.29, 1.82) is 0 Å². The third kappa shape index (κ3) is 5.46. The van der Waals surface area contributed by atoms with Crippen LogP contribution in [0.3, 0.4) is 0 Å². The van der Waals surface area contributed by atoms with Gasteiger partial charge < -0.3 is 15.5 Å². The molecule has 1 unspecified atom stereocenters. The number of guanidine groups is 1. The molecule has 138 valence electrons. The fourth-order valence-corrected chi connectivity index (χ4v) is 3.37. The van der Waals surface area contributed by atoms with E-state index >= 15 is 0 Å². The molecule has 0 spiro atoms. The van der Waals surface area contributed by atoms with Gasteiger partial charge in [0.25, 0.3) is 0 Å². The van der Waals surface area contributed by atoms with Crippen molar-refractivity contribution < 1.29 is 0 Å². The van der Waals surface area contributed by atoms with Crippen LogP contribution in [-0.4, -0.2) is 43.2 Å². The first-order chi connectivity index (χ1) is 12.7. The predicted octanol–water partition coefficient (Wildman–Crippen LogP) is 3.22. The Morgan fingerprint density at radius 3 is 2.85 bits per heavy atom. The highest BCUT2D eigenvalue weighted by molar-refractivity contribution is 9.10. The lowest BCUT2D eigenvalue weighted by Crippen LogP contribution is -2.44. The number of aliphatic imine (C=N–C) groups is 1. The zero-order valence-corrected chi connectivity index (χ0v) is 16.7. The van der Waals surface area contributed by atoms with E-state index in [0.29, 0.717) is 6.04 Å². The minimum Gasteiger partial charge on any atom is -0.369 e. The highest BCUT2D eigenvalue weighted by Gasteiger charge is 2.23. The zero-order chi connectivity index (χ0) is 18.2. The molecule has 0 aliphatic carbocycles. The molecular weight excluding hydrogens is 390 g/mol. The summed E-state index contributed by atoms with van der Waals surface area (Å²) in [6.07, 6.45) is 3.80. The third-order valence-electron chi connectivity index (χ3n) is 4.43. The minimum absolute atomic E-state index is 0.409. The number of halogens is 1. The van der Waals surface area contributed by atoms with Gasteiger partial charge in [-0.1, -0.05) is 22.0 Å². The number of anilines is 1. The van der Waals surface area contributed by atoms with Crippen molar-refractivity contribution in [3.05, 3.63) is 58.8 Å². The molecule has 2 N–H and O–H groups in total. The standard InChI is InChI=1S/C20H26BrN5/c1-2-22-20(24-13-10-17-5-3-4-12-23-17)25-18-11-14-26(15-18)19-8-6-16(21)7-9-19/h3-9,12,18H,2,10-11,13-15H2,1H3,(H2,22,24,25). The molecule has 5 nitrogen and oxygen atoms in total. The minimum atomic E-state index is 0.409. The van der Waals surface area contributed by atoms with Gasteiger partial charge in [-0.3, -0.25) is 9.98 Å². The molecule has 1 fully saturated rings. The van der Waals surface area contributed by atoms with Gasteiger partial charge in [0.15, 0.2) is 5.96 Å². The van der Waals surface area contributed by atoms with Crippen LogP contribution in [0.1, 0.15) is 19.0 Å². The molecule has 1 aliphatic rings. The van der Waals surface area contributed by atoms with Crippen molar-refractivity contribution in [2.24, 2.45) is 4.99 Å². The highest BCUT2D eigenvalue weighted by Crippen LogP contribution is 2.22. The molecule has 1 aromatic heterocycles. The lowest BCUT2D eigenvalue weighted by Gasteiger charge is -2.20. The number of hydrogen-bond donors (Lipinski definition) is 2. The van der Waals surface area contributed by atoms with E-state index in [1.165, 1.54) is 5.69 Å². The summed E-state index contributed by atoms with van der Waals surface area (Å²) in [6, 6.07) is 14.9. The molecule has 0 saturated carbocycles. The van der Waals surface area contributed by atoms with Crippen molar-refractivity contribution >= 4 is 27.6 Å². The second-order valence-electron chi connectivity index (χ2n) is 6.38. The van der Waals surface area contributed by atoms with Crippen LogP contribution < -0.4 is 15.5 Å². The van der Waals surface area contributed by atoms with E-state index in [0.717, 1.165) is 55.1 Å². The van der Waals surface area contributed by atoms with E-state index in [9.17, 15) is 0 Å². The fraction of sp³-hybridized carbons (Fsp3) is 0.400. The lowest BCUT2D eigenvalue weighted by atomic mass is 10.2. The van der Waals surface area contributed by atoms with Gasteiger partial charge in [0.2, 0.25) is 0 Å². The number of benzene rings is 1. The maximum atomic E-state index is 4.71. The number of rotatable bonds is 6. The maximum Gasteiger partial charge on any atom is 0.191 e. The van der Waals surface area contributed by atoms with Crippen molar-refractivity contribution in [1.82, 2.24) is 15.6 Å². The maximum absolute atomic E-state index is 4.71. The topological polar surface area (TPSA) is 52.6 Å². The molecule has 26 heavy (non-hydrogen) atoms. The largest absolute Gasteiger partial charge is 0.369 e. The van der Waals surface area contributed by atoms with Crippen molar-refractivity contribution in [2.75, 3.05) is 31.1 Å². The van der Waals surface area contributed by atoms with E-state index in [2.05, 4.69) is 67.6 Å². The molecule has 2 heterocycles. The Balaban J connectivity index is 1.53. The van der Waals surface area contributed by atoms with E-state index in [1.807, 2.05) is 24.4 Å². The highest BCUT2D eigenvalue weighted by atomic mass is 79.9. The summed E-state index contributed by atoms with van der Waals surface area (Å²) < 4.78 is 1.12. The Bertz CT molecular complexity index is 702. The van der Waals surface area contributed by atoms with Gasteiger partial charge in [0.05, 0.1) is 0 Å². The number of aromatic nitrogens is 1. The van der Waals surface area contributed by atoms with Gasteiger partial charge in [-0.25, -0.2) is 0 Å². The summed E-state index contributed by atoms with van der Waals surface area (Å²) in [5.74, 6) is 0.895. The van der Waals surface area contributed by atoms with Crippen LogP contribution in [0.15, 0.2) is 58.1 Å². The molecule has 0 radical (unpaired) electrons. The Morgan fingerprint density at radius 2 is 2.12 bits per heavy atom. The summed E-state index contributed by atoms with van der Waals surface area (Å²) in [4.78, 5) is 11.5. The molecular formula is C20H26BrN5. The average Bonchev–Trinajstić information content (AvgIpc) is 3.12. The Kier molecular flexibility index (Phi) is 6.89. The van der Waals surface area contributed by atoms with E-state index < -0.39 is 0 Å². The number of hydrogen-bond acceptors (Lipinski definition) is 3. The molecule has 3 rings (SSSR count). The SMILES string of the molecule is CCNC(=NCCc1ccccn1)NC1CCN(c2ccc(Br)cc2)C1. The smallest absolute Gasteiger partial charge is 0.191 e. The number of nitrogens with one attached hydrogen (secondary N) is 2. The average molecular weight is 416 g/mol. The quantitative estimate of drug-likeness (QED) is 0.561. The summed E-state index contributed by atoms with van der Waals surface area (Å²) in [6.45, 7) is 5.74. The molecule has 0 bridgehead atoms. The van der Waals surface area contributed by atoms with Crippen LogP contribution in [0.2, 0.25) is 0 Å². The van der Waals surface area contributed by atoms with Crippen molar-refractivity contribution in [3.8, 4) is 0 Å². The van der Waals surface area contributed by atoms with E-state index in [1.54, 1.807) is 0 Å². The van der Waals surface area contributed by atoms with Gasteiger partial charge in [-0.05, 0) is 49.7 Å². The summed E-state index contributed by atoms with van der Waals surface area (Å²) in [5, 5.41) is 6.93. The van der Waals surface area contributed by atoms with Gasteiger partial charge in [0.1, 0.15) is 0 Å². The molecule has 6 heteroatoms. The van der Waals surface area contributed by atoms with Gasteiger partial charge >= 0.3 is 0 Å². The third-order valence-corrected chi connectivity index (χ3v) is 4.96.